The molecular formula is C24H40IN3O3. The fourth-order valence-corrected chi connectivity index (χ4v) is 4.19. The van der Waals surface area contributed by atoms with Gasteiger partial charge >= 0.3 is 0 Å². The normalized spacial score (nSPS) is 19.9. The molecule has 0 bridgehead atoms. The summed E-state index contributed by atoms with van der Waals surface area (Å²) in [5.41, 5.74) is 1.21. The highest BCUT2D eigenvalue weighted by atomic mass is 127. The minimum absolute atomic E-state index is 0. The van der Waals surface area contributed by atoms with Crippen molar-refractivity contribution in [3.8, 4) is 5.75 Å². The van der Waals surface area contributed by atoms with Crippen LogP contribution in [0.15, 0.2) is 29.3 Å². The second-order valence-electron chi connectivity index (χ2n) is 8.36. The highest BCUT2D eigenvalue weighted by Gasteiger charge is 2.25. The Morgan fingerprint density at radius 1 is 1.10 bits per heavy atom. The summed E-state index contributed by atoms with van der Waals surface area (Å²) in [5, 5.41) is 3.45. The summed E-state index contributed by atoms with van der Waals surface area (Å²) >= 11 is 0. The van der Waals surface area contributed by atoms with E-state index in [0.717, 1.165) is 44.4 Å². The molecule has 0 radical (unpaired) electrons. The second-order valence-corrected chi connectivity index (χ2v) is 8.36. The summed E-state index contributed by atoms with van der Waals surface area (Å²) in [5.74, 6) is 2.54. The molecule has 1 aliphatic carbocycles. The van der Waals surface area contributed by atoms with Crippen LogP contribution < -0.4 is 10.1 Å². The number of aliphatic imine (C=N–C) groups is 1. The standard InChI is InChI=1S/C24H39N3O3.HI/c1-3-25-24(27-14-13-21(18-27)19-29-16-15-28-2)26-17-20-9-11-23(12-10-20)30-22-7-5-4-6-8-22;/h9-12,21-22H,3-8,13-19H2,1-2H3,(H,25,26);1H. The largest absolute Gasteiger partial charge is 0.490 e. The predicted molar refractivity (Wildman–Crippen MR) is 137 cm³/mol. The van der Waals surface area contributed by atoms with E-state index in [9.17, 15) is 0 Å². The molecule has 2 aliphatic rings. The molecule has 2 fully saturated rings. The van der Waals surface area contributed by atoms with E-state index in [1.54, 1.807) is 7.11 Å². The molecule has 1 atom stereocenters. The van der Waals surface area contributed by atoms with Crippen molar-refractivity contribution in [1.29, 1.82) is 0 Å². The summed E-state index contributed by atoms with van der Waals surface area (Å²) in [6.45, 7) is 7.81. The second kappa shape index (κ2) is 14.9. The van der Waals surface area contributed by atoms with Crippen LogP contribution >= 0.6 is 24.0 Å². The monoisotopic (exact) mass is 545 g/mol. The van der Waals surface area contributed by atoms with Crippen molar-refractivity contribution >= 4 is 29.9 Å². The van der Waals surface area contributed by atoms with Crippen LogP contribution in [0.4, 0.5) is 0 Å². The first kappa shape index (κ1) is 26.2. The maximum atomic E-state index is 6.14. The summed E-state index contributed by atoms with van der Waals surface area (Å²) in [6.07, 6.45) is 7.85. The predicted octanol–water partition coefficient (Wildman–Crippen LogP) is 4.47. The number of halogens is 1. The number of likely N-dealkylation sites (tertiary alicyclic amines) is 1. The Kier molecular flexibility index (Phi) is 12.6. The Balaban J connectivity index is 0.00000341. The van der Waals surface area contributed by atoms with E-state index in [-0.39, 0.29) is 24.0 Å². The van der Waals surface area contributed by atoms with Crippen LogP contribution in [0.5, 0.6) is 5.75 Å². The van der Waals surface area contributed by atoms with E-state index in [2.05, 4.69) is 41.4 Å². The summed E-state index contributed by atoms with van der Waals surface area (Å²) in [7, 11) is 1.71. The van der Waals surface area contributed by atoms with Gasteiger partial charge in [-0.2, -0.15) is 0 Å². The van der Waals surface area contributed by atoms with Gasteiger partial charge in [-0.15, -0.1) is 24.0 Å². The third kappa shape index (κ3) is 9.14. The van der Waals surface area contributed by atoms with Crippen molar-refractivity contribution in [2.24, 2.45) is 10.9 Å². The Hall–Kier alpha value is -1.06. The zero-order chi connectivity index (χ0) is 21.0. The molecule has 1 aliphatic heterocycles. The van der Waals surface area contributed by atoms with E-state index >= 15 is 0 Å². The van der Waals surface area contributed by atoms with Crippen molar-refractivity contribution in [2.45, 2.75) is 58.1 Å². The van der Waals surface area contributed by atoms with E-state index in [1.807, 2.05) is 0 Å². The van der Waals surface area contributed by atoms with Crippen LogP contribution in [0.1, 0.15) is 51.0 Å². The van der Waals surface area contributed by atoms with Crippen LogP contribution in [0.25, 0.3) is 0 Å². The maximum absolute atomic E-state index is 6.14. The number of hydrogen-bond donors (Lipinski definition) is 1. The highest BCUT2D eigenvalue weighted by molar-refractivity contribution is 14.0. The molecule has 1 aromatic carbocycles. The van der Waals surface area contributed by atoms with Gasteiger partial charge in [0, 0.05) is 32.7 Å². The lowest BCUT2D eigenvalue weighted by molar-refractivity contribution is 0.0536. The Bertz CT molecular complexity index is 635. The Morgan fingerprint density at radius 3 is 2.58 bits per heavy atom. The molecule has 176 valence electrons. The smallest absolute Gasteiger partial charge is 0.194 e. The van der Waals surface area contributed by atoms with Crippen molar-refractivity contribution < 1.29 is 14.2 Å². The van der Waals surface area contributed by atoms with Gasteiger partial charge in [0.05, 0.1) is 32.5 Å². The first-order valence-electron chi connectivity index (χ1n) is 11.6. The average Bonchev–Trinajstić information content (AvgIpc) is 3.25. The number of rotatable bonds is 10. The minimum Gasteiger partial charge on any atom is -0.490 e. The topological polar surface area (TPSA) is 55.3 Å². The molecule has 0 amide bonds. The number of hydrogen-bond acceptors (Lipinski definition) is 4. The van der Waals surface area contributed by atoms with Gasteiger partial charge in [-0.1, -0.05) is 18.6 Å². The first-order chi connectivity index (χ1) is 14.8. The summed E-state index contributed by atoms with van der Waals surface area (Å²) in [6, 6.07) is 8.47. The van der Waals surface area contributed by atoms with Crippen molar-refractivity contribution in [3.05, 3.63) is 29.8 Å². The zero-order valence-electron chi connectivity index (χ0n) is 19.2. The SMILES string of the molecule is CCNC(=NCc1ccc(OC2CCCCC2)cc1)N1CCC(COCCOC)C1.I. The third-order valence-electron chi connectivity index (χ3n) is 5.90. The van der Waals surface area contributed by atoms with Gasteiger partial charge < -0.3 is 24.4 Å². The maximum Gasteiger partial charge on any atom is 0.194 e. The van der Waals surface area contributed by atoms with Crippen LogP contribution in [0.2, 0.25) is 0 Å². The molecular weight excluding hydrogens is 505 g/mol. The number of methoxy groups -OCH3 is 1. The van der Waals surface area contributed by atoms with Crippen molar-refractivity contribution in [3.63, 3.8) is 0 Å². The molecule has 31 heavy (non-hydrogen) atoms. The molecule has 1 N–H and O–H groups in total. The van der Waals surface area contributed by atoms with E-state index in [0.29, 0.717) is 31.8 Å². The lowest BCUT2D eigenvalue weighted by Crippen LogP contribution is -2.40. The fraction of sp³-hybridized carbons (Fsp3) is 0.708. The van der Waals surface area contributed by atoms with Gasteiger partial charge in [-0.25, -0.2) is 4.99 Å². The van der Waals surface area contributed by atoms with Gasteiger partial charge in [0.15, 0.2) is 5.96 Å². The Labute approximate surface area is 205 Å². The molecule has 7 heteroatoms. The number of benzene rings is 1. The molecule has 1 heterocycles. The van der Waals surface area contributed by atoms with E-state index in [1.165, 1.54) is 37.7 Å². The lowest BCUT2D eigenvalue weighted by Gasteiger charge is -2.23. The molecule has 1 saturated heterocycles. The van der Waals surface area contributed by atoms with E-state index < -0.39 is 0 Å². The Morgan fingerprint density at radius 2 is 1.87 bits per heavy atom. The number of nitrogens with zero attached hydrogens (tertiary/aromatic N) is 2. The van der Waals surface area contributed by atoms with Crippen molar-refractivity contribution in [1.82, 2.24) is 10.2 Å². The van der Waals surface area contributed by atoms with Crippen LogP contribution in [0.3, 0.4) is 0 Å². The van der Waals surface area contributed by atoms with Gasteiger partial charge in [-0.05, 0) is 56.7 Å². The summed E-state index contributed by atoms with van der Waals surface area (Å²) in [4.78, 5) is 7.24. The molecule has 3 rings (SSSR count). The highest BCUT2D eigenvalue weighted by Crippen LogP contribution is 2.24. The average molecular weight is 546 g/mol. The third-order valence-corrected chi connectivity index (χ3v) is 5.90. The van der Waals surface area contributed by atoms with Crippen molar-refractivity contribution in [2.75, 3.05) is 46.6 Å². The van der Waals surface area contributed by atoms with Gasteiger partial charge in [0.2, 0.25) is 0 Å². The van der Waals surface area contributed by atoms with Crippen LogP contribution in [-0.4, -0.2) is 63.5 Å². The summed E-state index contributed by atoms with van der Waals surface area (Å²) < 4.78 is 16.9. The zero-order valence-corrected chi connectivity index (χ0v) is 21.5. The van der Waals surface area contributed by atoms with Gasteiger partial charge in [0.25, 0.3) is 0 Å². The number of nitrogens with one attached hydrogen (secondary N) is 1. The molecule has 0 aromatic heterocycles. The quantitative estimate of drug-likeness (QED) is 0.204. The minimum atomic E-state index is 0. The van der Waals surface area contributed by atoms with Crippen LogP contribution in [-0.2, 0) is 16.0 Å². The number of ether oxygens (including phenoxy) is 3. The molecule has 1 aromatic rings. The molecule has 6 nitrogen and oxygen atoms in total. The van der Waals surface area contributed by atoms with E-state index in [4.69, 9.17) is 19.2 Å². The van der Waals surface area contributed by atoms with Gasteiger partial charge in [-0.3, -0.25) is 0 Å². The molecule has 1 saturated carbocycles. The van der Waals surface area contributed by atoms with Crippen LogP contribution in [0, 0.1) is 5.92 Å². The first-order valence-corrected chi connectivity index (χ1v) is 11.6. The fourth-order valence-electron chi connectivity index (χ4n) is 4.19. The van der Waals surface area contributed by atoms with Gasteiger partial charge in [0.1, 0.15) is 5.75 Å². The lowest BCUT2D eigenvalue weighted by atomic mass is 9.98. The number of guanidine groups is 1. The molecule has 1 unspecified atom stereocenters. The molecule has 0 spiro atoms.